The molecule has 1 aliphatic carbocycles. The van der Waals surface area contributed by atoms with E-state index >= 15 is 0 Å². The SMILES string of the molecule is CC(C)(N)C(=O)N1CCN(C(=O)Nc2ccn(-c3ccc(CCN4CCC5CC5(N)C4)c(C(F)(F)F)c3)c(=O)n2)CC1.Cl. The molecule has 3 aliphatic rings. The molecule has 0 bridgehead atoms. The standard InChI is InChI=1S/C28H37F3N8O3.ClH/c1-26(2,32)23(40)37-11-13-38(14-12-37)24(41)34-22-7-10-39(25(42)35-22)20-4-3-18(21(15-20)28(29,30)31)5-8-36-9-6-19-16-27(19,33)17-36;/h3-4,7,10,15,19H,5-6,8-9,11-14,16-17,32-33H2,1-2H3,(H,34,35,41,42);1H. The number of aromatic nitrogens is 2. The maximum Gasteiger partial charge on any atom is 0.416 e. The van der Waals surface area contributed by atoms with Crippen LogP contribution < -0.4 is 22.5 Å². The van der Waals surface area contributed by atoms with Crippen molar-refractivity contribution in [2.24, 2.45) is 17.4 Å². The number of halogens is 4. The molecule has 2 atom stereocenters. The van der Waals surface area contributed by atoms with Gasteiger partial charge in [-0.15, -0.1) is 12.4 Å². The topological polar surface area (TPSA) is 143 Å². The Bertz CT molecular complexity index is 1420. The first-order valence-electron chi connectivity index (χ1n) is 14.1. The number of hydrogen-bond acceptors (Lipinski definition) is 7. The fourth-order valence-electron chi connectivity index (χ4n) is 5.86. The van der Waals surface area contributed by atoms with E-state index in [0.717, 1.165) is 30.0 Å². The molecule has 236 valence electrons. The highest BCUT2D eigenvalue weighted by Crippen LogP contribution is 2.47. The number of rotatable bonds is 6. The van der Waals surface area contributed by atoms with E-state index < -0.39 is 29.0 Å². The predicted octanol–water partition coefficient (Wildman–Crippen LogP) is 2.05. The summed E-state index contributed by atoms with van der Waals surface area (Å²) in [5.41, 5.74) is 9.51. The number of benzene rings is 1. The number of carbonyl (C=O) groups excluding carboxylic acids is 2. The molecule has 1 aromatic heterocycles. The molecule has 43 heavy (non-hydrogen) atoms. The summed E-state index contributed by atoms with van der Waals surface area (Å²) in [6.07, 6.45) is -1.17. The number of likely N-dealkylation sites (tertiary alicyclic amines) is 1. The van der Waals surface area contributed by atoms with Crippen LogP contribution in [0.2, 0.25) is 0 Å². The second-order valence-electron chi connectivity index (χ2n) is 12.2. The van der Waals surface area contributed by atoms with Crippen LogP contribution in [0.3, 0.4) is 0 Å². The number of carbonyl (C=O) groups is 2. The molecule has 5 N–H and O–H groups in total. The van der Waals surface area contributed by atoms with Crippen LogP contribution in [-0.2, 0) is 17.4 Å². The van der Waals surface area contributed by atoms with Crippen LogP contribution in [0.4, 0.5) is 23.8 Å². The number of anilines is 1. The van der Waals surface area contributed by atoms with Crippen molar-refractivity contribution in [2.75, 3.05) is 51.1 Å². The molecule has 0 spiro atoms. The first-order valence-corrected chi connectivity index (χ1v) is 14.1. The Labute approximate surface area is 253 Å². The van der Waals surface area contributed by atoms with Gasteiger partial charge in [0.1, 0.15) is 5.82 Å². The van der Waals surface area contributed by atoms with Crippen molar-refractivity contribution in [3.05, 3.63) is 52.1 Å². The molecule has 1 saturated carbocycles. The highest BCUT2D eigenvalue weighted by molar-refractivity contribution is 5.89. The number of alkyl halides is 3. The molecular formula is C28H38ClF3N8O3. The van der Waals surface area contributed by atoms with E-state index in [1.165, 1.54) is 29.3 Å². The Morgan fingerprint density at radius 2 is 1.77 bits per heavy atom. The summed E-state index contributed by atoms with van der Waals surface area (Å²) in [4.78, 5) is 46.9. The van der Waals surface area contributed by atoms with Gasteiger partial charge < -0.3 is 26.2 Å². The van der Waals surface area contributed by atoms with Crippen LogP contribution in [0.25, 0.3) is 5.69 Å². The lowest BCUT2D eigenvalue weighted by molar-refractivity contribution is -0.138. The number of nitrogens with two attached hydrogens (primary N) is 2. The molecule has 15 heteroatoms. The number of piperazine rings is 1. The molecule has 3 amide bonds. The lowest BCUT2D eigenvalue weighted by Gasteiger charge is -2.37. The molecule has 2 aromatic rings. The molecule has 3 fully saturated rings. The van der Waals surface area contributed by atoms with Gasteiger partial charge in [0, 0.05) is 51.0 Å². The largest absolute Gasteiger partial charge is 0.416 e. The van der Waals surface area contributed by atoms with E-state index in [1.807, 2.05) is 0 Å². The van der Waals surface area contributed by atoms with Crippen molar-refractivity contribution < 1.29 is 22.8 Å². The molecule has 1 aromatic carbocycles. The van der Waals surface area contributed by atoms with Crippen LogP contribution in [-0.4, -0.2) is 93.1 Å². The monoisotopic (exact) mass is 626 g/mol. The second-order valence-corrected chi connectivity index (χ2v) is 12.2. The van der Waals surface area contributed by atoms with Crippen molar-refractivity contribution in [3.63, 3.8) is 0 Å². The molecular weight excluding hydrogens is 589 g/mol. The summed E-state index contributed by atoms with van der Waals surface area (Å²) in [7, 11) is 0. The van der Waals surface area contributed by atoms with Gasteiger partial charge in [-0.05, 0) is 69.3 Å². The third-order valence-electron chi connectivity index (χ3n) is 8.41. The first-order chi connectivity index (χ1) is 19.6. The summed E-state index contributed by atoms with van der Waals surface area (Å²) in [6.45, 7) is 6.40. The average molecular weight is 627 g/mol. The van der Waals surface area contributed by atoms with Gasteiger partial charge in [0.25, 0.3) is 0 Å². The predicted molar refractivity (Wildman–Crippen MR) is 157 cm³/mol. The number of nitrogens with zero attached hydrogens (tertiary/aromatic N) is 5. The maximum atomic E-state index is 14.0. The minimum absolute atomic E-state index is 0. The van der Waals surface area contributed by atoms with Crippen molar-refractivity contribution in [1.29, 1.82) is 0 Å². The molecule has 2 unspecified atom stereocenters. The van der Waals surface area contributed by atoms with E-state index in [2.05, 4.69) is 15.2 Å². The number of nitrogens with one attached hydrogen (secondary N) is 1. The van der Waals surface area contributed by atoms with E-state index in [0.29, 0.717) is 32.1 Å². The van der Waals surface area contributed by atoms with Gasteiger partial charge in [-0.25, -0.2) is 9.59 Å². The van der Waals surface area contributed by atoms with E-state index in [-0.39, 0.29) is 60.4 Å². The van der Waals surface area contributed by atoms with Gasteiger partial charge in [0.2, 0.25) is 5.91 Å². The number of urea groups is 1. The second kappa shape index (κ2) is 12.1. The molecule has 5 rings (SSSR count). The lowest BCUT2D eigenvalue weighted by atomic mass is 10.0. The third kappa shape index (κ3) is 7.31. The first kappa shape index (κ1) is 32.7. The van der Waals surface area contributed by atoms with Crippen LogP contribution in [0.1, 0.15) is 37.8 Å². The Kier molecular flexibility index (Phi) is 9.17. The van der Waals surface area contributed by atoms with Gasteiger partial charge in [0.15, 0.2) is 0 Å². The van der Waals surface area contributed by atoms with E-state index in [1.54, 1.807) is 18.7 Å². The van der Waals surface area contributed by atoms with Gasteiger partial charge >= 0.3 is 17.9 Å². The average Bonchev–Trinajstić information content (AvgIpc) is 3.61. The number of piperidine rings is 1. The Morgan fingerprint density at radius 1 is 1.09 bits per heavy atom. The quantitative estimate of drug-likeness (QED) is 0.445. The van der Waals surface area contributed by atoms with Crippen LogP contribution in [0.15, 0.2) is 35.3 Å². The minimum atomic E-state index is -4.61. The third-order valence-corrected chi connectivity index (χ3v) is 8.41. The van der Waals surface area contributed by atoms with E-state index in [9.17, 15) is 27.6 Å². The summed E-state index contributed by atoms with van der Waals surface area (Å²) in [5, 5.41) is 2.55. The molecule has 2 saturated heterocycles. The Hall–Kier alpha value is -3.20. The molecule has 3 heterocycles. The van der Waals surface area contributed by atoms with Gasteiger partial charge in [-0.2, -0.15) is 18.2 Å². The number of amides is 3. The number of hydrogen-bond donors (Lipinski definition) is 3. The zero-order valence-corrected chi connectivity index (χ0v) is 25.0. The number of fused-ring (bicyclic) bond motifs is 1. The zero-order valence-electron chi connectivity index (χ0n) is 24.2. The molecule has 2 aliphatic heterocycles. The Morgan fingerprint density at radius 3 is 2.37 bits per heavy atom. The van der Waals surface area contributed by atoms with Crippen molar-refractivity contribution >= 4 is 30.2 Å². The van der Waals surface area contributed by atoms with Gasteiger partial charge in [-0.1, -0.05) is 6.07 Å². The van der Waals surface area contributed by atoms with Crippen LogP contribution in [0, 0.1) is 5.92 Å². The van der Waals surface area contributed by atoms with Crippen molar-refractivity contribution in [3.8, 4) is 5.69 Å². The smallest absolute Gasteiger partial charge is 0.338 e. The van der Waals surface area contributed by atoms with Crippen LogP contribution >= 0.6 is 12.4 Å². The Balaban J connectivity index is 0.00000423. The summed E-state index contributed by atoms with van der Waals surface area (Å²) in [6, 6.07) is 4.67. The molecule has 11 nitrogen and oxygen atoms in total. The fraction of sp³-hybridized carbons (Fsp3) is 0.571. The van der Waals surface area contributed by atoms with Crippen molar-refractivity contribution in [2.45, 2.75) is 50.4 Å². The highest BCUT2D eigenvalue weighted by atomic mass is 35.5. The van der Waals surface area contributed by atoms with Gasteiger partial charge in [-0.3, -0.25) is 14.7 Å². The normalized spacial score (nSPS) is 22.4. The molecule has 0 radical (unpaired) electrons. The van der Waals surface area contributed by atoms with Crippen LogP contribution in [0.5, 0.6) is 0 Å². The summed E-state index contributed by atoms with van der Waals surface area (Å²) >= 11 is 0. The zero-order chi connectivity index (χ0) is 30.4. The minimum Gasteiger partial charge on any atom is -0.338 e. The van der Waals surface area contributed by atoms with E-state index in [4.69, 9.17) is 11.5 Å². The summed E-state index contributed by atoms with van der Waals surface area (Å²) in [5.74, 6) is 0.285. The lowest BCUT2D eigenvalue weighted by Crippen LogP contribution is -2.58. The summed E-state index contributed by atoms with van der Waals surface area (Å²) < 4.78 is 43.1. The maximum absolute atomic E-state index is 14.0. The fourth-order valence-corrected chi connectivity index (χ4v) is 5.86. The highest BCUT2D eigenvalue weighted by Gasteiger charge is 2.53. The van der Waals surface area contributed by atoms with Crippen molar-refractivity contribution in [1.82, 2.24) is 24.3 Å². The van der Waals surface area contributed by atoms with Gasteiger partial charge in [0.05, 0.1) is 16.8 Å².